The predicted molar refractivity (Wildman–Crippen MR) is 29.2 cm³/mol. The number of hydrogen-bond acceptors (Lipinski definition) is 2. The van der Waals surface area contributed by atoms with Crippen LogP contribution >= 0.6 is 22.6 Å². The summed E-state index contributed by atoms with van der Waals surface area (Å²) in [5, 5.41) is 7.91. The summed E-state index contributed by atoms with van der Waals surface area (Å²) >= 11 is 0.758. The second-order valence-electron chi connectivity index (χ2n) is 0.986. The lowest BCUT2D eigenvalue weighted by molar-refractivity contribution is -0.0150. The summed E-state index contributed by atoms with van der Waals surface area (Å²) in [5.74, 6) is 0. The maximum Gasteiger partial charge on any atom is 0.334 e. The normalized spacial score (nSPS) is 16.7. The second kappa shape index (κ2) is 2.19. The standard InChI is InChI=1S/C2H4F2INO/c3-2(4,5)1(6)7/h1,7H,6H2. The van der Waals surface area contributed by atoms with Gasteiger partial charge in [-0.2, -0.15) is 8.78 Å². The van der Waals surface area contributed by atoms with Crippen molar-refractivity contribution < 1.29 is 13.9 Å². The van der Waals surface area contributed by atoms with Crippen LogP contribution in [-0.4, -0.2) is 15.3 Å². The van der Waals surface area contributed by atoms with Gasteiger partial charge in [0.2, 0.25) is 0 Å². The van der Waals surface area contributed by atoms with Gasteiger partial charge in [0.05, 0.1) is 0 Å². The van der Waals surface area contributed by atoms with Crippen molar-refractivity contribution in [3.05, 3.63) is 0 Å². The van der Waals surface area contributed by atoms with Crippen LogP contribution in [-0.2, 0) is 0 Å². The summed E-state index contributed by atoms with van der Waals surface area (Å²) < 4.78 is 19.7. The lowest BCUT2D eigenvalue weighted by atomic mass is 10.6. The highest BCUT2D eigenvalue weighted by atomic mass is 127. The minimum absolute atomic E-state index is 0.758. The summed E-state index contributed by atoms with van der Waals surface area (Å²) in [5.41, 5.74) is 4.37. The van der Waals surface area contributed by atoms with Crippen molar-refractivity contribution in [2.45, 2.75) is 10.2 Å². The average molecular weight is 223 g/mol. The van der Waals surface area contributed by atoms with E-state index in [4.69, 9.17) is 5.11 Å². The fourth-order valence-electron chi connectivity index (χ4n) is 0. The molecule has 7 heavy (non-hydrogen) atoms. The van der Waals surface area contributed by atoms with Crippen molar-refractivity contribution in [1.82, 2.24) is 0 Å². The quantitative estimate of drug-likeness (QED) is 0.381. The second-order valence-corrected chi connectivity index (χ2v) is 2.42. The smallest absolute Gasteiger partial charge is 0.334 e. The monoisotopic (exact) mass is 223 g/mol. The van der Waals surface area contributed by atoms with Crippen LogP contribution in [0, 0.1) is 0 Å². The Labute approximate surface area is 52.8 Å². The molecule has 0 aromatic heterocycles. The van der Waals surface area contributed by atoms with Crippen molar-refractivity contribution in [2.24, 2.45) is 5.73 Å². The van der Waals surface area contributed by atoms with Crippen molar-refractivity contribution in [3.8, 4) is 0 Å². The molecule has 0 aliphatic rings. The number of aliphatic hydroxyl groups excluding tert-OH is 1. The molecule has 0 aromatic carbocycles. The van der Waals surface area contributed by atoms with Crippen LogP contribution in [0.5, 0.6) is 0 Å². The van der Waals surface area contributed by atoms with E-state index >= 15 is 0 Å². The Morgan fingerprint density at radius 1 is 1.71 bits per heavy atom. The fraction of sp³-hybridized carbons (Fsp3) is 1.00. The Bertz CT molecular complexity index is 61.2. The first kappa shape index (κ1) is 7.51. The maximum absolute atomic E-state index is 11.5. The van der Waals surface area contributed by atoms with Crippen LogP contribution in [0.25, 0.3) is 0 Å². The number of aliphatic hydroxyl groups is 1. The first-order valence-electron chi connectivity index (χ1n) is 1.45. The molecule has 0 saturated carbocycles. The van der Waals surface area contributed by atoms with E-state index in [2.05, 4.69) is 5.73 Å². The maximum atomic E-state index is 11.5. The molecule has 0 saturated heterocycles. The molecule has 0 aliphatic heterocycles. The van der Waals surface area contributed by atoms with E-state index < -0.39 is 10.2 Å². The highest BCUT2D eigenvalue weighted by Crippen LogP contribution is 2.23. The van der Waals surface area contributed by atoms with E-state index in [1.54, 1.807) is 0 Å². The van der Waals surface area contributed by atoms with E-state index in [1.807, 2.05) is 0 Å². The van der Waals surface area contributed by atoms with E-state index in [0.717, 1.165) is 22.6 Å². The molecular formula is C2H4F2INO. The molecule has 2 nitrogen and oxygen atoms in total. The van der Waals surface area contributed by atoms with Gasteiger partial charge >= 0.3 is 3.93 Å². The Morgan fingerprint density at radius 3 is 1.86 bits per heavy atom. The summed E-state index contributed by atoms with van der Waals surface area (Å²) in [7, 11) is 0. The van der Waals surface area contributed by atoms with Gasteiger partial charge in [0.15, 0.2) is 6.23 Å². The largest absolute Gasteiger partial charge is 0.372 e. The summed E-state index contributed by atoms with van der Waals surface area (Å²) in [4.78, 5) is 0. The minimum Gasteiger partial charge on any atom is -0.372 e. The van der Waals surface area contributed by atoms with Crippen LogP contribution in [0.4, 0.5) is 8.78 Å². The van der Waals surface area contributed by atoms with Crippen molar-refractivity contribution >= 4 is 22.6 Å². The molecule has 0 rings (SSSR count). The summed E-state index contributed by atoms with van der Waals surface area (Å²) in [6.45, 7) is 0. The van der Waals surface area contributed by atoms with Gasteiger partial charge in [0.25, 0.3) is 0 Å². The van der Waals surface area contributed by atoms with Crippen LogP contribution in [0.2, 0.25) is 0 Å². The van der Waals surface area contributed by atoms with E-state index in [-0.39, 0.29) is 0 Å². The Morgan fingerprint density at radius 2 is 1.86 bits per heavy atom. The molecule has 0 spiro atoms. The van der Waals surface area contributed by atoms with Gasteiger partial charge in [0.1, 0.15) is 0 Å². The summed E-state index contributed by atoms with van der Waals surface area (Å²) in [6, 6.07) is 0. The number of alkyl halides is 3. The predicted octanol–water partition coefficient (Wildman–Crippen LogP) is 0.291. The lowest BCUT2D eigenvalue weighted by Gasteiger charge is -2.09. The number of rotatable bonds is 1. The Balaban J connectivity index is 3.54. The minimum atomic E-state index is -3.20. The van der Waals surface area contributed by atoms with Crippen molar-refractivity contribution in [1.29, 1.82) is 0 Å². The molecule has 0 amide bonds. The molecule has 0 fully saturated rings. The molecule has 0 bridgehead atoms. The van der Waals surface area contributed by atoms with Crippen LogP contribution < -0.4 is 5.73 Å². The zero-order valence-corrected chi connectivity index (χ0v) is 5.39. The zero-order chi connectivity index (χ0) is 6.08. The number of hydrogen-bond donors (Lipinski definition) is 2. The zero-order valence-electron chi connectivity index (χ0n) is 3.24. The SMILES string of the molecule is NC(O)C(F)(F)I. The summed E-state index contributed by atoms with van der Waals surface area (Å²) in [6.07, 6.45) is -2.05. The molecule has 1 unspecified atom stereocenters. The molecular weight excluding hydrogens is 219 g/mol. The molecule has 0 aliphatic carbocycles. The van der Waals surface area contributed by atoms with Gasteiger partial charge in [-0.1, -0.05) is 0 Å². The third kappa shape index (κ3) is 3.12. The van der Waals surface area contributed by atoms with Gasteiger partial charge in [-0.3, -0.25) is 0 Å². The first-order valence-corrected chi connectivity index (χ1v) is 2.53. The highest BCUT2D eigenvalue weighted by Gasteiger charge is 2.30. The Kier molecular flexibility index (Phi) is 2.34. The highest BCUT2D eigenvalue weighted by molar-refractivity contribution is 14.1. The fourth-order valence-corrected chi connectivity index (χ4v) is 0. The molecule has 0 radical (unpaired) electrons. The molecule has 1 atom stereocenters. The lowest BCUT2D eigenvalue weighted by Crippen LogP contribution is -2.35. The van der Waals surface area contributed by atoms with Crippen molar-refractivity contribution in [2.75, 3.05) is 0 Å². The third-order valence-electron chi connectivity index (χ3n) is 0.335. The van der Waals surface area contributed by atoms with Gasteiger partial charge in [-0.25, -0.2) is 0 Å². The van der Waals surface area contributed by atoms with Gasteiger partial charge in [-0.05, 0) is 0 Å². The number of halogens is 3. The molecule has 0 heterocycles. The van der Waals surface area contributed by atoms with Gasteiger partial charge in [-0.15, -0.1) is 0 Å². The van der Waals surface area contributed by atoms with Gasteiger partial charge in [0, 0.05) is 22.6 Å². The molecule has 5 heteroatoms. The Hall–Kier alpha value is 0.510. The molecule has 44 valence electrons. The van der Waals surface area contributed by atoms with E-state index in [9.17, 15) is 8.78 Å². The topological polar surface area (TPSA) is 46.2 Å². The number of nitrogens with two attached hydrogens (primary N) is 1. The average Bonchev–Trinajstić information content (AvgIpc) is 1.31. The van der Waals surface area contributed by atoms with Crippen molar-refractivity contribution in [3.63, 3.8) is 0 Å². The van der Waals surface area contributed by atoms with Crippen LogP contribution in [0.1, 0.15) is 0 Å². The molecule has 0 aromatic rings. The van der Waals surface area contributed by atoms with E-state index in [1.165, 1.54) is 0 Å². The van der Waals surface area contributed by atoms with Gasteiger partial charge < -0.3 is 10.8 Å². The van der Waals surface area contributed by atoms with E-state index in [0.29, 0.717) is 0 Å². The third-order valence-corrected chi connectivity index (χ3v) is 0.973. The molecule has 3 N–H and O–H groups in total. The van der Waals surface area contributed by atoms with Crippen LogP contribution in [0.15, 0.2) is 0 Å². The first-order chi connectivity index (χ1) is 2.94. The van der Waals surface area contributed by atoms with Crippen LogP contribution in [0.3, 0.4) is 0 Å².